The zero-order valence-electron chi connectivity index (χ0n) is 14.4. The second-order valence-corrected chi connectivity index (χ2v) is 6.84. The first-order chi connectivity index (χ1) is 13.1. The summed E-state index contributed by atoms with van der Waals surface area (Å²) in [5.41, 5.74) is 2.47. The van der Waals surface area contributed by atoms with E-state index < -0.39 is 0 Å². The Bertz CT molecular complexity index is 1050. The number of imidazole rings is 1. The van der Waals surface area contributed by atoms with Crippen LogP contribution in [0.2, 0.25) is 0 Å². The van der Waals surface area contributed by atoms with Crippen molar-refractivity contribution in [3.05, 3.63) is 71.3 Å². The molecule has 3 aromatic rings. The van der Waals surface area contributed by atoms with Gasteiger partial charge in [-0.1, -0.05) is 24.3 Å². The molecule has 6 nitrogen and oxygen atoms in total. The van der Waals surface area contributed by atoms with Gasteiger partial charge in [0.05, 0.1) is 0 Å². The number of nitrogens with zero attached hydrogens (tertiary/aromatic N) is 1. The molecule has 1 aromatic heterocycles. The van der Waals surface area contributed by atoms with Gasteiger partial charge < -0.3 is 15.6 Å². The second-order valence-electron chi connectivity index (χ2n) is 6.45. The van der Waals surface area contributed by atoms with Gasteiger partial charge in [0.2, 0.25) is 5.91 Å². The van der Waals surface area contributed by atoms with Gasteiger partial charge in [-0.3, -0.25) is 14.2 Å². The Kier molecular flexibility index (Phi) is 4.60. The Labute approximate surface area is 161 Å². The molecule has 4 rings (SSSR count). The molecule has 1 heterocycles. The number of para-hydroxylation sites is 1. The summed E-state index contributed by atoms with van der Waals surface area (Å²) in [5.74, 6) is -0.142. The predicted octanol–water partition coefficient (Wildman–Crippen LogP) is 4.14. The molecule has 2 amide bonds. The molecule has 136 valence electrons. The Balaban J connectivity index is 1.55. The minimum Gasteiger partial charge on any atom is -0.336 e. The lowest BCUT2D eigenvalue weighted by atomic mass is 10.2. The minimum atomic E-state index is -0.295. The highest BCUT2D eigenvalue weighted by Crippen LogP contribution is 2.30. The van der Waals surface area contributed by atoms with Crippen LogP contribution in [-0.2, 0) is 4.79 Å². The number of amides is 2. The number of H-pyrrole nitrogens is 1. The summed E-state index contributed by atoms with van der Waals surface area (Å²) in [6.45, 7) is 0. The monoisotopic (exact) mass is 378 g/mol. The SMILES string of the molecule is O=C(Nc1cccc(NC(=O)C2CC2)c1)c1c[nH]c(=S)n1-c1ccccc1. The molecule has 0 unspecified atom stereocenters. The van der Waals surface area contributed by atoms with Gasteiger partial charge >= 0.3 is 0 Å². The quantitative estimate of drug-likeness (QED) is 0.584. The second kappa shape index (κ2) is 7.20. The summed E-state index contributed by atoms with van der Waals surface area (Å²) in [4.78, 5) is 27.6. The van der Waals surface area contributed by atoms with Crippen LogP contribution in [0.1, 0.15) is 23.3 Å². The van der Waals surface area contributed by atoms with E-state index in [2.05, 4.69) is 15.6 Å². The molecule has 2 aromatic carbocycles. The first-order valence-electron chi connectivity index (χ1n) is 8.70. The number of hydrogen-bond acceptors (Lipinski definition) is 3. The van der Waals surface area contributed by atoms with E-state index in [0.717, 1.165) is 18.5 Å². The van der Waals surface area contributed by atoms with Gasteiger partial charge in [-0.25, -0.2) is 0 Å². The average Bonchev–Trinajstić information content (AvgIpc) is 3.45. The van der Waals surface area contributed by atoms with Gasteiger partial charge in [-0.05, 0) is 55.4 Å². The van der Waals surface area contributed by atoms with Gasteiger partial charge in [0.15, 0.2) is 4.77 Å². The fourth-order valence-corrected chi connectivity index (χ4v) is 3.09. The maximum Gasteiger partial charge on any atom is 0.274 e. The zero-order chi connectivity index (χ0) is 18.8. The number of nitrogens with one attached hydrogen (secondary N) is 3. The van der Waals surface area contributed by atoms with Gasteiger partial charge in [0, 0.05) is 29.2 Å². The lowest BCUT2D eigenvalue weighted by Crippen LogP contribution is -2.17. The van der Waals surface area contributed by atoms with E-state index in [1.165, 1.54) is 0 Å². The van der Waals surface area contributed by atoms with Gasteiger partial charge in [-0.15, -0.1) is 0 Å². The summed E-state index contributed by atoms with van der Waals surface area (Å²) in [5, 5.41) is 5.74. The first-order valence-corrected chi connectivity index (χ1v) is 9.11. The van der Waals surface area contributed by atoms with Crippen LogP contribution in [0.3, 0.4) is 0 Å². The molecule has 0 aliphatic heterocycles. The largest absolute Gasteiger partial charge is 0.336 e. The number of aromatic nitrogens is 2. The van der Waals surface area contributed by atoms with Crippen LogP contribution >= 0.6 is 12.2 Å². The summed E-state index contributed by atoms with van der Waals surface area (Å²) in [6.07, 6.45) is 3.47. The number of aromatic amines is 1. The molecule has 0 spiro atoms. The zero-order valence-corrected chi connectivity index (χ0v) is 15.3. The molecule has 7 heteroatoms. The van der Waals surface area contributed by atoms with Crippen molar-refractivity contribution in [2.24, 2.45) is 5.92 Å². The molecule has 1 aliphatic carbocycles. The van der Waals surface area contributed by atoms with Gasteiger partial charge in [0.1, 0.15) is 5.69 Å². The van der Waals surface area contributed by atoms with Crippen molar-refractivity contribution in [2.75, 3.05) is 10.6 Å². The fourth-order valence-electron chi connectivity index (χ4n) is 2.83. The average molecular weight is 378 g/mol. The Morgan fingerprint density at radius 1 is 1.00 bits per heavy atom. The normalized spacial score (nSPS) is 13.2. The standard InChI is InChI=1S/C20H18N4O2S/c25-18(13-9-10-13)22-14-5-4-6-15(11-14)23-19(26)17-12-21-20(27)24(17)16-7-2-1-3-8-16/h1-8,11-13H,9-10H2,(H,21,27)(H,22,25)(H,23,26). The molecule has 1 saturated carbocycles. The lowest BCUT2D eigenvalue weighted by Gasteiger charge is -2.10. The van der Waals surface area contributed by atoms with Crippen LogP contribution in [0.4, 0.5) is 11.4 Å². The van der Waals surface area contributed by atoms with Gasteiger partial charge in [-0.2, -0.15) is 0 Å². The highest BCUT2D eigenvalue weighted by atomic mass is 32.1. The van der Waals surface area contributed by atoms with E-state index in [1.54, 1.807) is 35.0 Å². The molecule has 1 aliphatic rings. The van der Waals surface area contributed by atoms with Crippen LogP contribution in [0.15, 0.2) is 60.8 Å². The van der Waals surface area contributed by atoms with E-state index in [9.17, 15) is 9.59 Å². The maximum atomic E-state index is 12.8. The Hall–Kier alpha value is -3.19. The summed E-state index contributed by atoms with van der Waals surface area (Å²) in [6, 6.07) is 16.6. The van der Waals surface area contributed by atoms with Crippen molar-refractivity contribution in [3.63, 3.8) is 0 Å². The third-order valence-corrected chi connectivity index (χ3v) is 4.66. The van der Waals surface area contributed by atoms with E-state index in [1.807, 2.05) is 30.3 Å². The molecule has 1 fully saturated rings. The first kappa shape index (κ1) is 17.2. The highest BCUT2D eigenvalue weighted by molar-refractivity contribution is 7.71. The summed E-state index contributed by atoms with van der Waals surface area (Å²) < 4.78 is 2.13. The third kappa shape index (κ3) is 3.83. The molecular weight excluding hydrogens is 360 g/mol. The highest BCUT2D eigenvalue weighted by Gasteiger charge is 2.29. The molecule has 0 saturated heterocycles. The number of rotatable bonds is 5. The van der Waals surface area contributed by atoms with E-state index in [-0.39, 0.29) is 17.7 Å². The predicted molar refractivity (Wildman–Crippen MR) is 107 cm³/mol. The van der Waals surface area contributed by atoms with Crippen molar-refractivity contribution < 1.29 is 9.59 Å². The van der Waals surface area contributed by atoms with E-state index >= 15 is 0 Å². The Morgan fingerprint density at radius 2 is 1.70 bits per heavy atom. The molecular formula is C20H18N4O2S. The molecule has 0 atom stereocenters. The molecule has 0 bridgehead atoms. The van der Waals surface area contributed by atoms with E-state index in [0.29, 0.717) is 21.8 Å². The van der Waals surface area contributed by atoms with Crippen molar-refractivity contribution in [1.29, 1.82) is 0 Å². The fraction of sp³-hybridized carbons (Fsp3) is 0.150. The molecule has 27 heavy (non-hydrogen) atoms. The lowest BCUT2D eigenvalue weighted by molar-refractivity contribution is -0.117. The molecule has 0 radical (unpaired) electrons. The van der Waals surface area contributed by atoms with Crippen molar-refractivity contribution in [1.82, 2.24) is 9.55 Å². The van der Waals surface area contributed by atoms with Crippen molar-refractivity contribution in [2.45, 2.75) is 12.8 Å². The number of benzene rings is 2. The summed E-state index contributed by atoms with van der Waals surface area (Å²) >= 11 is 5.32. The number of carbonyl (C=O) groups excluding carboxylic acids is 2. The van der Waals surface area contributed by atoms with Crippen LogP contribution in [0.5, 0.6) is 0 Å². The number of anilines is 2. The topological polar surface area (TPSA) is 78.9 Å². The summed E-state index contributed by atoms with van der Waals surface area (Å²) in [7, 11) is 0. The number of hydrogen-bond donors (Lipinski definition) is 3. The van der Waals surface area contributed by atoms with Crippen molar-refractivity contribution in [3.8, 4) is 5.69 Å². The Morgan fingerprint density at radius 3 is 2.41 bits per heavy atom. The minimum absolute atomic E-state index is 0.0294. The van der Waals surface area contributed by atoms with Crippen LogP contribution in [0.25, 0.3) is 5.69 Å². The van der Waals surface area contributed by atoms with Crippen LogP contribution in [-0.4, -0.2) is 21.4 Å². The smallest absolute Gasteiger partial charge is 0.274 e. The number of carbonyl (C=O) groups is 2. The van der Waals surface area contributed by atoms with Gasteiger partial charge in [0.25, 0.3) is 5.91 Å². The van der Waals surface area contributed by atoms with E-state index in [4.69, 9.17) is 12.2 Å². The van der Waals surface area contributed by atoms with Crippen molar-refractivity contribution >= 4 is 35.4 Å². The molecule has 3 N–H and O–H groups in total. The van der Waals surface area contributed by atoms with Crippen LogP contribution < -0.4 is 10.6 Å². The maximum absolute atomic E-state index is 12.8. The third-order valence-electron chi connectivity index (χ3n) is 4.36. The van der Waals surface area contributed by atoms with Crippen LogP contribution in [0, 0.1) is 10.7 Å².